The fourth-order valence-electron chi connectivity index (χ4n) is 8.48. The van der Waals surface area contributed by atoms with Gasteiger partial charge in [0.2, 0.25) is 0 Å². The van der Waals surface area contributed by atoms with Crippen LogP contribution in [0.1, 0.15) is 284 Å². The van der Waals surface area contributed by atoms with Crippen LogP contribution in [0.2, 0.25) is 0 Å². The van der Waals surface area contributed by atoms with E-state index in [2.05, 4.69) is 43.0 Å². The van der Waals surface area contributed by atoms with E-state index in [0.29, 0.717) is 6.17 Å². The fourth-order valence-corrected chi connectivity index (χ4v) is 8.48. The van der Waals surface area contributed by atoms with Gasteiger partial charge >= 0.3 is 0 Å². The monoisotopic (exact) mass is 715 g/mol. The second kappa shape index (κ2) is 40.5. The third-order valence-electron chi connectivity index (χ3n) is 12.1. The van der Waals surface area contributed by atoms with Crippen molar-refractivity contribution in [1.82, 2.24) is 9.80 Å². The summed E-state index contributed by atoms with van der Waals surface area (Å²) >= 11 is 0. The zero-order valence-corrected chi connectivity index (χ0v) is 36.0. The summed E-state index contributed by atoms with van der Waals surface area (Å²) in [5.41, 5.74) is 0. The minimum absolute atomic E-state index is 0.637. The molecule has 51 heavy (non-hydrogen) atoms. The van der Waals surface area contributed by atoms with E-state index in [4.69, 9.17) is 0 Å². The van der Waals surface area contributed by atoms with Crippen molar-refractivity contribution in [1.29, 1.82) is 0 Å². The van der Waals surface area contributed by atoms with Crippen molar-refractivity contribution in [2.24, 2.45) is 0 Å². The van der Waals surface area contributed by atoms with Crippen molar-refractivity contribution >= 4 is 0 Å². The molecule has 2 nitrogen and oxygen atoms in total. The molecule has 0 fully saturated rings. The topological polar surface area (TPSA) is 6.48 Å². The summed E-state index contributed by atoms with van der Waals surface area (Å²) in [5.74, 6) is 0. The van der Waals surface area contributed by atoms with Gasteiger partial charge < -0.3 is 9.80 Å². The van der Waals surface area contributed by atoms with Gasteiger partial charge in [0.1, 0.15) is 6.17 Å². The van der Waals surface area contributed by atoms with Crippen molar-refractivity contribution in [3.05, 3.63) is 12.4 Å². The predicted molar refractivity (Wildman–Crippen MR) is 233 cm³/mol. The van der Waals surface area contributed by atoms with Gasteiger partial charge in [0.15, 0.2) is 0 Å². The Hall–Kier alpha value is -0.660. The number of unbranched alkanes of at least 4 members (excludes halogenated alkanes) is 37. The molecule has 1 atom stereocenters. The summed E-state index contributed by atoms with van der Waals surface area (Å²) in [6, 6.07) is 0. The molecule has 0 aromatic carbocycles. The first-order valence-electron chi connectivity index (χ1n) is 24.5. The van der Waals surface area contributed by atoms with Gasteiger partial charge in [-0.2, -0.15) is 0 Å². The number of rotatable bonds is 43. The highest BCUT2D eigenvalue weighted by Gasteiger charge is 2.24. The molecule has 1 unspecified atom stereocenters. The summed E-state index contributed by atoms with van der Waals surface area (Å²) in [6.07, 6.45) is 64.9. The van der Waals surface area contributed by atoms with Gasteiger partial charge in [0.05, 0.1) is 0 Å². The van der Waals surface area contributed by atoms with Crippen LogP contribution in [0.5, 0.6) is 0 Å². The molecule has 0 amide bonds. The molecular weight excluding hydrogens is 617 g/mol. The number of nitrogens with zero attached hydrogens (tertiary/aromatic N) is 2. The van der Waals surface area contributed by atoms with Crippen LogP contribution < -0.4 is 0 Å². The van der Waals surface area contributed by atoms with E-state index in [1.54, 1.807) is 0 Å². The Labute approximate surface area is 324 Å². The molecule has 0 radical (unpaired) electrons. The fraction of sp³-hybridized carbons (Fsp3) is 0.959. The molecule has 304 valence electrons. The maximum absolute atomic E-state index is 2.73. The standard InChI is InChI=1S/C49H98N2/c1-4-7-10-13-16-18-20-22-24-26-28-30-32-34-37-40-43-46-51-48-47-50(45-42-39-36-15-12-9-6-3)49(51)44-41-38-35-33-31-29-27-25-23-21-19-17-14-11-8-5-2/h47-49H,4-46H2,1-3H3. The predicted octanol–water partition coefficient (Wildman–Crippen LogP) is 17.5. The summed E-state index contributed by atoms with van der Waals surface area (Å²) in [7, 11) is 0. The van der Waals surface area contributed by atoms with Crippen LogP contribution in [-0.4, -0.2) is 29.1 Å². The minimum Gasteiger partial charge on any atom is -0.356 e. The maximum Gasteiger partial charge on any atom is 0.101 e. The van der Waals surface area contributed by atoms with Crippen LogP contribution in [0.4, 0.5) is 0 Å². The average molecular weight is 715 g/mol. The van der Waals surface area contributed by atoms with E-state index in [-0.39, 0.29) is 0 Å². The largest absolute Gasteiger partial charge is 0.356 e. The van der Waals surface area contributed by atoms with Gasteiger partial charge in [-0.15, -0.1) is 0 Å². The summed E-state index contributed by atoms with van der Waals surface area (Å²) in [6.45, 7) is 9.49. The van der Waals surface area contributed by atoms with Crippen molar-refractivity contribution < 1.29 is 0 Å². The molecule has 1 heterocycles. The molecule has 0 aliphatic carbocycles. The zero-order valence-electron chi connectivity index (χ0n) is 36.0. The Balaban J connectivity index is 2.12. The lowest BCUT2D eigenvalue weighted by atomic mass is 10.0. The first-order chi connectivity index (χ1) is 25.3. The van der Waals surface area contributed by atoms with Crippen LogP contribution in [-0.2, 0) is 0 Å². The highest BCUT2D eigenvalue weighted by atomic mass is 15.4. The van der Waals surface area contributed by atoms with E-state index >= 15 is 0 Å². The maximum atomic E-state index is 2.73. The van der Waals surface area contributed by atoms with Crippen molar-refractivity contribution in [2.45, 2.75) is 290 Å². The molecule has 1 aliphatic heterocycles. The van der Waals surface area contributed by atoms with Crippen LogP contribution in [0.3, 0.4) is 0 Å². The molecular formula is C49H98N2. The Kier molecular flexibility index (Phi) is 38.4. The molecule has 0 aromatic rings. The Bertz CT molecular complexity index is 673. The molecule has 0 bridgehead atoms. The highest BCUT2D eigenvalue weighted by molar-refractivity contribution is 4.97. The summed E-state index contributed by atoms with van der Waals surface area (Å²) in [4.78, 5) is 5.46. The lowest BCUT2D eigenvalue weighted by Gasteiger charge is -2.33. The summed E-state index contributed by atoms with van der Waals surface area (Å²) < 4.78 is 0. The lowest BCUT2D eigenvalue weighted by molar-refractivity contribution is 0.135. The van der Waals surface area contributed by atoms with Crippen LogP contribution in [0, 0.1) is 0 Å². The van der Waals surface area contributed by atoms with E-state index in [1.165, 1.54) is 276 Å². The first kappa shape index (κ1) is 48.4. The van der Waals surface area contributed by atoms with Gasteiger partial charge in [0, 0.05) is 25.5 Å². The van der Waals surface area contributed by atoms with Gasteiger partial charge in [-0.05, 0) is 25.7 Å². The van der Waals surface area contributed by atoms with E-state index < -0.39 is 0 Å². The Morgan fingerprint density at radius 1 is 0.255 bits per heavy atom. The van der Waals surface area contributed by atoms with Gasteiger partial charge in [-0.3, -0.25) is 0 Å². The first-order valence-corrected chi connectivity index (χ1v) is 24.5. The van der Waals surface area contributed by atoms with E-state index in [1.807, 2.05) is 0 Å². The molecule has 1 aliphatic rings. The molecule has 0 saturated heterocycles. The normalized spacial score (nSPS) is 14.5. The quantitative estimate of drug-likeness (QED) is 0.0580. The smallest absolute Gasteiger partial charge is 0.101 e. The van der Waals surface area contributed by atoms with Crippen LogP contribution in [0.25, 0.3) is 0 Å². The molecule has 0 aromatic heterocycles. The Morgan fingerprint density at radius 2 is 0.451 bits per heavy atom. The van der Waals surface area contributed by atoms with Gasteiger partial charge in [0.25, 0.3) is 0 Å². The van der Waals surface area contributed by atoms with Crippen molar-refractivity contribution in [3.8, 4) is 0 Å². The number of hydrogen-bond acceptors (Lipinski definition) is 2. The summed E-state index contributed by atoms with van der Waals surface area (Å²) in [5, 5.41) is 0. The number of hydrogen-bond donors (Lipinski definition) is 0. The lowest BCUT2D eigenvalue weighted by Crippen LogP contribution is -2.39. The zero-order chi connectivity index (χ0) is 36.6. The molecule has 0 spiro atoms. The molecule has 2 heteroatoms. The van der Waals surface area contributed by atoms with Gasteiger partial charge in [-0.25, -0.2) is 0 Å². The molecule has 1 rings (SSSR count). The third-order valence-corrected chi connectivity index (χ3v) is 12.1. The SMILES string of the molecule is CCCCCCCCCCCCCCCCCCCN1C=CN(CCCCCCCCC)C1CCCCCCCCCCCCCCCCCC. The second-order valence-electron chi connectivity index (χ2n) is 17.1. The Morgan fingerprint density at radius 3 is 0.686 bits per heavy atom. The van der Waals surface area contributed by atoms with Crippen LogP contribution >= 0.6 is 0 Å². The third kappa shape index (κ3) is 32.5. The van der Waals surface area contributed by atoms with Crippen molar-refractivity contribution in [2.75, 3.05) is 13.1 Å². The van der Waals surface area contributed by atoms with E-state index in [0.717, 1.165) is 0 Å². The molecule has 0 saturated carbocycles. The van der Waals surface area contributed by atoms with E-state index in [9.17, 15) is 0 Å². The molecule has 0 N–H and O–H groups in total. The minimum atomic E-state index is 0.637. The van der Waals surface area contributed by atoms with Gasteiger partial charge in [-0.1, -0.05) is 258 Å². The van der Waals surface area contributed by atoms with Crippen molar-refractivity contribution in [3.63, 3.8) is 0 Å². The highest BCUT2D eigenvalue weighted by Crippen LogP contribution is 2.24. The second-order valence-corrected chi connectivity index (χ2v) is 17.1. The average Bonchev–Trinajstić information content (AvgIpc) is 3.53. The van der Waals surface area contributed by atoms with Crippen LogP contribution in [0.15, 0.2) is 12.4 Å².